The molecule has 0 bridgehead atoms. The molecule has 0 unspecified atom stereocenters. The Morgan fingerprint density at radius 2 is 2.05 bits per heavy atom. The van der Waals surface area contributed by atoms with Crippen molar-refractivity contribution in [3.05, 3.63) is 58.6 Å². The third kappa shape index (κ3) is 3.06. The number of halogens is 1. The number of benzene rings is 2. The Kier molecular flexibility index (Phi) is 4.20. The molecule has 0 aliphatic rings. The lowest BCUT2D eigenvalue weighted by molar-refractivity contribution is 0.102. The van der Waals surface area contributed by atoms with Crippen molar-refractivity contribution in [2.45, 2.75) is 0 Å². The fraction of sp³-hybridized carbons (Fsp3) is 0. The third-order valence-electron chi connectivity index (χ3n) is 2.63. The maximum atomic E-state index is 12.2. The molecule has 0 atom stereocenters. The number of rotatable bonds is 3. The highest BCUT2D eigenvalue weighted by Crippen LogP contribution is 2.21. The first-order chi connectivity index (χ1) is 9.63. The van der Waals surface area contributed by atoms with Crippen LogP contribution in [-0.2, 0) is 0 Å². The van der Waals surface area contributed by atoms with Crippen molar-refractivity contribution in [2.75, 3.05) is 10.7 Å². The first-order valence-electron chi connectivity index (χ1n) is 5.71. The van der Waals surface area contributed by atoms with Gasteiger partial charge >= 0.3 is 0 Å². The van der Waals surface area contributed by atoms with E-state index in [0.717, 1.165) is 0 Å². The zero-order valence-electron chi connectivity index (χ0n) is 10.4. The van der Waals surface area contributed by atoms with Crippen LogP contribution in [0.3, 0.4) is 0 Å². The Labute approximate surface area is 120 Å². The van der Waals surface area contributed by atoms with Crippen molar-refractivity contribution in [3.8, 4) is 6.07 Å². The van der Waals surface area contributed by atoms with Crippen molar-refractivity contribution in [2.24, 2.45) is 5.84 Å². The van der Waals surface area contributed by atoms with Gasteiger partial charge in [0.1, 0.15) is 0 Å². The van der Waals surface area contributed by atoms with E-state index in [1.165, 1.54) is 6.07 Å². The van der Waals surface area contributed by atoms with Gasteiger partial charge in [-0.3, -0.25) is 10.6 Å². The predicted molar refractivity (Wildman–Crippen MR) is 78.4 cm³/mol. The molecule has 0 saturated heterocycles. The monoisotopic (exact) mass is 286 g/mol. The molecule has 0 fully saturated rings. The van der Waals surface area contributed by atoms with Gasteiger partial charge < -0.3 is 10.7 Å². The summed E-state index contributed by atoms with van der Waals surface area (Å²) in [6.07, 6.45) is 0. The van der Waals surface area contributed by atoms with Crippen LogP contribution in [0.25, 0.3) is 0 Å². The molecule has 0 aliphatic heterocycles. The van der Waals surface area contributed by atoms with Gasteiger partial charge in [0, 0.05) is 10.7 Å². The smallest absolute Gasteiger partial charge is 0.257 e. The lowest BCUT2D eigenvalue weighted by atomic mass is 10.1. The topological polar surface area (TPSA) is 90.9 Å². The molecule has 0 aromatic heterocycles. The zero-order valence-corrected chi connectivity index (χ0v) is 11.1. The number of hydrazine groups is 1. The average molecular weight is 287 g/mol. The van der Waals surface area contributed by atoms with Crippen LogP contribution in [0.5, 0.6) is 0 Å². The van der Waals surface area contributed by atoms with E-state index in [1.54, 1.807) is 36.4 Å². The molecule has 0 spiro atoms. The van der Waals surface area contributed by atoms with E-state index in [4.69, 9.17) is 22.7 Å². The molecule has 20 heavy (non-hydrogen) atoms. The summed E-state index contributed by atoms with van der Waals surface area (Å²) < 4.78 is 0. The summed E-state index contributed by atoms with van der Waals surface area (Å²) in [5.41, 5.74) is 4.21. The average Bonchev–Trinajstić information content (AvgIpc) is 2.47. The number of nitriles is 1. The number of nitrogens with one attached hydrogen (secondary N) is 2. The van der Waals surface area contributed by atoms with Crippen LogP contribution in [0.1, 0.15) is 15.9 Å². The minimum atomic E-state index is -0.365. The minimum absolute atomic E-state index is 0.322. The third-order valence-corrected chi connectivity index (χ3v) is 2.87. The summed E-state index contributed by atoms with van der Waals surface area (Å²) in [7, 11) is 0. The van der Waals surface area contributed by atoms with Gasteiger partial charge in [0.2, 0.25) is 0 Å². The highest BCUT2D eigenvalue weighted by molar-refractivity contribution is 6.31. The minimum Gasteiger partial charge on any atom is -0.323 e. The Morgan fingerprint density at radius 1 is 1.25 bits per heavy atom. The number of nitrogens with zero attached hydrogens (tertiary/aromatic N) is 1. The van der Waals surface area contributed by atoms with Crippen LogP contribution in [0, 0.1) is 11.3 Å². The Bertz CT molecular complexity index is 694. The fourth-order valence-corrected chi connectivity index (χ4v) is 1.87. The molecule has 0 aliphatic carbocycles. The molecular formula is C14H11ClN4O. The van der Waals surface area contributed by atoms with Gasteiger partial charge in [0.15, 0.2) is 0 Å². The summed E-state index contributed by atoms with van der Waals surface area (Å²) in [6.45, 7) is 0. The van der Waals surface area contributed by atoms with E-state index in [1.807, 2.05) is 6.07 Å². The van der Waals surface area contributed by atoms with Gasteiger partial charge in [0.05, 0.1) is 22.9 Å². The maximum Gasteiger partial charge on any atom is 0.257 e. The summed E-state index contributed by atoms with van der Waals surface area (Å²) in [4.78, 5) is 12.2. The molecule has 4 N–H and O–H groups in total. The van der Waals surface area contributed by atoms with Crippen LogP contribution in [0.2, 0.25) is 5.02 Å². The van der Waals surface area contributed by atoms with Crippen LogP contribution in [0.4, 0.5) is 11.4 Å². The van der Waals surface area contributed by atoms with E-state index < -0.39 is 0 Å². The number of carbonyl (C=O) groups excluding carboxylic acids is 1. The van der Waals surface area contributed by atoms with E-state index in [-0.39, 0.29) is 5.91 Å². The maximum absolute atomic E-state index is 12.2. The van der Waals surface area contributed by atoms with Gasteiger partial charge in [-0.1, -0.05) is 17.7 Å². The number of amides is 1. The SMILES string of the molecule is N#Cc1cccc(NC(=O)c2cc(Cl)ccc2NN)c1. The lowest BCUT2D eigenvalue weighted by Crippen LogP contribution is -2.17. The number of hydrogen-bond donors (Lipinski definition) is 3. The van der Waals surface area contributed by atoms with Crippen LogP contribution in [0.15, 0.2) is 42.5 Å². The van der Waals surface area contributed by atoms with E-state index >= 15 is 0 Å². The quantitative estimate of drug-likeness (QED) is 0.598. The highest BCUT2D eigenvalue weighted by Gasteiger charge is 2.12. The number of anilines is 2. The van der Waals surface area contributed by atoms with Crippen LogP contribution in [-0.4, -0.2) is 5.91 Å². The van der Waals surface area contributed by atoms with Gasteiger partial charge in [-0.05, 0) is 36.4 Å². The second kappa shape index (κ2) is 6.06. The molecule has 2 rings (SSSR count). The number of hydrogen-bond acceptors (Lipinski definition) is 4. The Hall–Kier alpha value is -2.55. The second-order valence-corrected chi connectivity index (χ2v) is 4.42. The Balaban J connectivity index is 2.28. The molecular weight excluding hydrogens is 276 g/mol. The molecule has 0 radical (unpaired) electrons. The fourth-order valence-electron chi connectivity index (χ4n) is 1.70. The molecule has 100 valence electrons. The first-order valence-corrected chi connectivity index (χ1v) is 6.09. The van der Waals surface area contributed by atoms with Gasteiger partial charge in [-0.15, -0.1) is 0 Å². The normalized spacial score (nSPS) is 9.65. The molecule has 2 aromatic carbocycles. The first kappa shape index (κ1) is 13.9. The summed E-state index contributed by atoms with van der Waals surface area (Å²) in [5.74, 6) is 5.00. The molecule has 0 saturated carbocycles. The molecule has 0 heterocycles. The molecule has 1 amide bonds. The summed E-state index contributed by atoms with van der Waals surface area (Å²) >= 11 is 5.88. The number of nitrogen functional groups attached to an aromatic ring is 1. The van der Waals surface area contributed by atoms with E-state index in [9.17, 15) is 4.79 Å². The van der Waals surface area contributed by atoms with E-state index in [2.05, 4.69) is 10.7 Å². The van der Waals surface area contributed by atoms with Crippen LogP contribution < -0.4 is 16.6 Å². The standard InChI is InChI=1S/C14H11ClN4O/c15-10-4-5-13(19-17)12(7-10)14(20)18-11-3-1-2-9(6-11)8-16/h1-7,19H,17H2,(H,18,20). The van der Waals surface area contributed by atoms with E-state index in [0.29, 0.717) is 27.5 Å². The predicted octanol–water partition coefficient (Wildman–Crippen LogP) is 2.75. The summed E-state index contributed by atoms with van der Waals surface area (Å²) in [5, 5.41) is 11.9. The van der Waals surface area contributed by atoms with Gasteiger partial charge in [-0.25, -0.2) is 0 Å². The summed E-state index contributed by atoms with van der Waals surface area (Å²) in [6, 6.07) is 13.4. The largest absolute Gasteiger partial charge is 0.323 e. The van der Waals surface area contributed by atoms with Crippen LogP contribution >= 0.6 is 11.6 Å². The lowest BCUT2D eigenvalue weighted by Gasteiger charge is -2.10. The Morgan fingerprint density at radius 3 is 2.75 bits per heavy atom. The molecule has 5 nitrogen and oxygen atoms in total. The van der Waals surface area contributed by atoms with Crippen molar-refractivity contribution >= 4 is 28.9 Å². The highest BCUT2D eigenvalue weighted by atomic mass is 35.5. The van der Waals surface area contributed by atoms with Crippen molar-refractivity contribution in [1.82, 2.24) is 0 Å². The van der Waals surface area contributed by atoms with Crippen molar-refractivity contribution < 1.29 is 4.79 Å². The zero-order chi connectivity index (χ0) is 14.5. The molecule has 6 heteroatoms. The second-order valence-electron chi connectivity index (χ2n) is 3.98. The van der Waals surface area contributed by atoms with Crippen molar-refractivity contribution in [1.29, 1.82) is 5.26 Å². The van der Waals surface area contributed by atoms with Crippen molar-refractivity contribution in [3.63, 3.8) is 0 Å². The number of carbonyl (C=O) groups is 1. The van der Waals surface area contributed by atoms with Gasteiger partial charge in [-0.2, -0.15) is 5.26 Å². The number of nitrogens with two attached hydrogens (primary N) is 1. The molecule has 2 aromatic rings. The van der Waals surface area contributed by atoms with Gasteiger partial charge in [0.25, 0.3) is 5.91 Å².